The number of carbonyl (C=O) groups is 1. The second-order valence-corrected chi connectivity index (χ2v) is 4.92. The predicted molar refractivity (Wildman–Crippen MR) is 65.6 cm³/mol. The molecule has 16 heavy (non-hydrogen) atoms. The Kier molecular flexibility index (Phi) is 3.40. The summed E-state index contributed by atoms with van der Waals surface area (Å²) in [6.45, 7) is 0. The number of nitrogens with one attached hydrogen (secondary N) is 1. The van der Waals surface area contributed by atoms with Crippen molar-refractivity contribution in [1.82, 2.24) is 9.97 Å². The van der Waals surface area contributed by atoms with Gasteiger partial charge in [0.15, 0.2) is 4.73 Å². The van der Waals surface area contributed by atoms with Crippen LogP contribution in [0.2, 0.25) is 0 Å². The first-order valence-corrected chi connectivity index (χ1v) is 6.34. The third kappa shape index (κ3) is 2.51. The van der Waals surface area contributed by atoms with Crippen molar-refractivity contribution < 1.29 is 9.90 Å². The molecule has 2 heterocycles. The molecule has 4 nitrogen and oxygen atoms in total. The second-order valence-electron chi connectivity index (χ2n) is 3.23. The molecule has 0 aliphatic carbocycles. The first-order valence-electron chi connectivity index (χ1n) is 4.67. The van der Waals surface area contributed by atoms with E-state index in [2.05, 4.69) is 25.9 Å². The summed E-state index contributed by atoms with van der Waals surface area (Å²) in [7, 11) is 0. The molecule has 0 atom stereocenters. The number of halogens is 1. The summed E-state index contributed by atoms with van der Waals surface area (Å²) in [5.74, 6) is -0.803. The molecule has 0 aliphatic heterocycles. The van der Waals surface area contributed by atoms with Crippen LogP contribution in [-0.2, 0) is 11.2 Å². The van der Waals surface area contributed by atoms with Gasteiger partial charge in [-0.2, -0.15) is 0 Å². The van der Waals surface area contributed by atoms with Crippen LogP contribution in [0.3, 0.4) is 0 Å². The molecule has 0 spiro atoms. The number of aliphatic carboxylic acids is 1. The summed E-state index contributed by atoms with van der Waals surface area (Å²) in [6.07, 6.45) is 0.564. The highest BCUT2D eigenvalue weighted by Crippen LogP contribution is 2.28. The van der Waals surface area contributed by atoms with Crippen molar-refractivity contribution in [3.8, 4) is 10.6 Å². The third-order valence-electron chi connectivity index (χ3n) is 2.09. The number of aromatic nitrogens is 2. The fourth-order valence-electron chi connectivity index (χ4n) is 1.41. The van der Waals surface area contributed by atoms with Crippen molar-refractivity contribution in [2.45, 2.75) is 12.8 Å². The molecule has 0 aliphatic rings. The lowest BCUT2D eigenvalue weighted by atomic mass is 10.2. The van der Waals surface area contributed by atoms with E-state index < -0.39 is 5.97 Å². The van der Waals surface area contributed by atoms with Gasteiger partial charge in [0.1, 0.15) is 5.69 Å². The van der Waals surface area contributed by atoms with Crippen LogP contribution in [0.1, 0.15) is 12.1 Å². The summed E-state index contributed by atoms with van der Waals surface area (Å²) in [6, 6.07) is 3.92. The number of hydrogen-bond acceptors (Lipinski definition) is 3. The number of carboxylic acid groups (broad SMARTS) is 1. The van der Waals surface area contributed by atoms with Crippen molar-refractivity contribution >= 4 is 33.2 Å². The zero-order valence-corrected chi connectivity index (χ0v) is 10.6. The maximum absolute atomic E-state index is 10.5. The third-order valence-corrected chi connectivity index (χ3v) is 3.35. The van der Waals surface area contributed by atoms with Gasteiger partial charge >= 0.3 is 5.97 Å². The lowest BCUT2D eigenvalue weighted by Gasteiger charge is -1.97. The summed E-state index contributed by atoms with van der Waals surface area (Å²) >= 11 is 4.85. The lowest BCUT2D eigenvalue weighted by molar-refractivity contribution is -0.136. The highest BCUT2D eigenvalue weighted by atomic mass is 79.9. The van der Waals surface area contributed by atoms with Gasteiger partial charge in [-0.05, 0) is 27.4 Å². The van der Waals surface area contributed by atoms with E-state index in [9.17, 15) is 4.79 Å². The van der Waals surface area contributed by atoms with E-state index in [1.165, 1.54) is 0 Å². The molecule has 6 heteroatoms. The molecule has 2 rings (SSSR count). The molecule has 0 aromatic carbocycles. The zero-order chi connectivity index (χ0) is 11.5. The van der Waals surface area contributed by atoms with Gasteiger partial charge in [-0.25, -0.2) is 4.98 Å². The van der Waals surface area contributed by atoms with Gasteiger partial charge in [0, 0.05) is 12.1 Å². The molecule has 0 saturated heterocycles. The SMILES string of the molecule is O=C(O)CCc1[nH]c(Br)nc1-c1cccs1. The van der Waals surface area contributed by atoms with Crippen molar-refractivity contribution in [3.05, 3.63) is 27.9 Å². The van der Waals surface area contributed by atoms with Crippen molar-refractivity contribution in [2.75, 3.05) is 0 Å². The number of carboxylic acids is 1. The number of hydrogen-bond donors (Lipinski definition) is 2. The molecular formula is C10H9BrN2O2S. The number of aromatic amines is 1. The standard InChI is InChI=1S/C10H9BrN2O2S/c11-10-12-6(3-4-8(14)15)9(13-10)7-2-1-5-16-7/h1-2,5H,3-4H2,(H,12,13)(H,14,15). The number of nitrogens with zero attached hydrogens (tertiary/aromatic N) is 1. The summed E-state index contributed by atoms with van der Waals surface area (Å²) in [4.78, 5) is 18.9. The van der Waals surface area contributed by atoms with E-state index in [1.54, 1.807) is 11.3 Å². The minimum atomic E-state index is -0.803. The molecule has 0 unspecified atom stereocenters. The van der Waals surface area contributed by atoms with Crippen LogP contribution >= 0.6 is 27.3 Å². The van der Waals surface area contributed by atoms with Crippen LogP contribution in [0.5, 0.6) is 0 Å². The highest BCUT2D eigenvalue weighted by Gasteiger charge is 2.12. The van der Waals surface area contributed by atoms with E-state index in [4.69, 9.17) is 5.11 Å². The molecule has 2 aromatic heterocycles. The number of thiophene rings is 1. The van der Waals surface area contributed by atoms with Gasteiger partial charge in [-0.15, -0.1) is 11.3 Å². The monoisotopic (exact) mass is 300 g/mol. The van der Waals surface area contributed by atoms with E-state index in [0.717, 1.165) is 16.3 Å². The maximum Gasteiger partial charge on any atom is 0.303 e. The smallest absolute Gasteiger partial charge is 0.303 e. The Morgan fingerprint density at radius 2 is 2.44 bits per heavy atom. The Balaban J connectivity index is 2.27. The number of aryl methyl sites for hydroxylation is 1. The first-order chi connectivity index (χ1) is 7.66. The Morgan fingerprint density at radius 1 is 1.62 bits per heavy atom. The summed E-state index contributed by atoms with van der Waals surface area (Å²) in [5.41, 5.74) is 1.69. The molecular weight excluding hydrogens is 292 g/mol. The van der Waals surface area contributed by atoms with Crippen LogP contribution in [-0.4, -0.2) is 21.0 Å². The van der Waals surface area contributed by atoms with E-state index in [1.807, 2.05) is 17.5 Å². The fourth-order valence-corrected chi connectivity index (χ4v) is 2.57. The molecule has 2 aromatic rings. The van der Waals surface area contributed by atoms with Crippen LogP contribution < -0.4 is 0 Å². The van der Waals surface area contributed by atoms with Crippen molar-refractivity contribution in [3.63, 3.8) is 0 Å². The van der Waals surface area contributed by atoms with Gasteiger partial charge in [0.25, 0.3) is 0 Å². The molecule has 0 fully saturated rings. The molecule has 0 bridgehead atoms. The average Bonchev–Trinajstić information content (AvgIpc) is 2.82. The quantitative estimate of drug-likeness (QED) is 0.912. The Labute approximate surface area is 104 Å². The normalized spacial score (nSPS) is 10.6. The van der Waals surface area contributed by atoms with Crippen LogP contribution in [0.25, 0.3) is 10.6 Å². The highest BCUT2D eigenvalue weighted by molar-refractivity contribution is 9.10. The maximum atomic E-state index is 10.5. The van der Waals surface area contributed by atoms with Gasteiger partial charge in [-0.3, -0.25) is 4.79 Å². The number of imidazole rings is 1. The molecule has 0 radical (unpaired) electrons. The van der Waals surface area contributed by atoms with E-state index >= 15 is 0 Å². The number of rotatable bonds is 4. The predicted octanol–water partition coefficient (Wildman–Crippen LogP) is 2.92. The molecule has 2 N–H and O–H groups in total. The minimum Gasteiger partial charge on any atom is -0.481 e. The van der Waals surface area contributed by atoms with Gasteiger partial charge in [0.05, 0.1) is 11.3 Å². The van der Waals surface area contributed by atoms with E-state index in [-0.39, 0.29) is 6.42 Å². The Morgan fingerprint density at radius 3 is 3.06 bits per heavy atom. The fraction of sp³-hybridized carbons (Fsp3) is 0.200. The van der Waals surface area contributed by atoms with Gasteiger partial charge in [0.2, 0.25) is 0 Å². The van der Waals surface area contributed by atoms with Crippen LogP contribution in [0.4, 0.5) is 0 Å². The first kappa shape index (κ1) is 11.3. The average molecular weight is 301 g/mol. The molecule has 0 saturated carbocycles. The summed E-state index contributed by atoms with van der Waals surface area (Å²) < 4.78 is 0.635. The zero-order valence-electron chi connectivity index (χ0n) is 8.24. The largest absolute Gasteiger partial charge is 0.481 e. The van der Waals surface area contributed by atoms with Crippen molar-refractivity contribution in [2.24, 2.45) is 0 Å². The lowest BCUT2D eigenvalue weighted by Crippen LogP contribution is -1.98. The Bertz CT molecular complexity index is 493. The van der Waals surface area contributed by atoms with Gasteiger partial charge < -0.3 is 10.1 Å². The second kappa shape index (κ2) is 4.80. The van der Waals surface area contributed by atoms with E-state index in [0.29, 0.717) is 11.2 Å². The topological polar surface area (TPSA) is 66.0 Å². The molecule has 84 valence electrons. The summed E-state index contributed by atoms with van der Waals surface area (Å²) in [5, 5.41) is 10.6. The van der Waals surface area contributed by atoms with Crippen LogP contribution in [0, 0.1) is 0 Å². The van der Waals surface area contributed by atoms with Crippen molar-refractivity contribution in [1.29, 1.82) is 0 Å². The minimum absolute atomic E-state index is 0.104. The number of H-pyrrole nitrogens is 1. The van der Waals surface area contributed by atoms with Gasteiger partial charge in [-0.1, -0.05) is 6.07 Å². The molecule has 0 amide bonds. The van der Waals surface area contributed by atoms with Crippen LogP contribution in [0.15, 0.2) is 22.2 Å². The Hall–Kier alpha value is -1.14.